The maximum atomic E-state index is 6.36. The number of aryl methyl sites for hydroxylation is 1. The van der Waals surface area contributed by atoms with Crippen LogP contribution in [0, 0.1) is 6.92 Å². The Bertz CT molecular complexity index is 571. The summed E-state index contributed by atoms with van der Waals surface area (Å²) in [6.07, 6.45) is 0.966. The molecule has 20 heavy (non-hydrogen) atoms. The first-order chi connectivity index (χ1) is 9.69. The molecule has 1 heterocycles. The van der Waals surface area contributed by atoms with Gasteiger partial charge in [-0.25, -0.2) is 5.43 Å². The molecule has 0 radical (unpaired) electrons. The molecular weight excluding hydrogens is 292 g/mol. The minimum absolute atomic E-state index is 0.158. The normalized spacial score (nSPS) is 12.4. The second-order valence-electron chi connectivity index (χ2n) is 4.58. The molecule has 0 fully saturated rings. The van der Waals surface area contributed by atoms with Gasteiger partial charge >= 0.3 is 0 Å². The van der Waals surface area contributed by atoms with Gasteiger partial charge in [-0.3, -0.25) is 5.84 Å². The predicted octanol–water partition coefficient (Wildman–Crippen LogP) is 4.05. The highest BCUT2D eigenvalue weighted by molar-refractivity contribution is 7.10. The lowest BCUT2D eigenvalue weighted by Gasteiger charge is -2.19. The number of hydrazine groups is 1. The van der Waals surface area contributed by atoms with Gasteiger partial charge < -0.3 is 4.74 Å². The van der Waals surface area contributed by atoms with Gasteiger partial charge in [-0.1, -0.05) is 36.7 Å². The lowest BCUT2D eigenvalue weighted by Crippen LogP contribution is -2.28. The SMILES string of the molecule is CCCOc1ccccc1C(NN)c1scc(C)c1Cl. The summed E-state index contributed by atoms with van der Waals surface area (Å²) in [6.45, 7) is 4.77. The number of nitrogens with two attached hydrogens (primary N) is 1. The molecule has 3 N–H and O–H groups in total. The first kappa shape index (κ1) is 15.3. The van der Waals surface area contributed by atoms with Crippen LogP contribution in [0.3, 0.4) is 0 Å². The summed E-state index contributed by atoms with van der Waals surface area (Å²) >= 11 is 7.97. The molecular formula is C15H19ClN2OS. The van der Waals surface area contributed by atoms with Gasteiger partial charge in [-0.15, -0.1) is 11.3 Å². The van der Waals surface area contributed by atoms with E-state index in [0.29, 0.717) is 6.61 Å². The number of rotatable bonds is 6. The third-order valence-corrected chi connectivity index (χ3v) is 4.82. The van der Waals surface area contributed by atoms with Crippen molar-refractivity contribution in [3.63, 3.8) is 0 Å². The van der Waals surface area contributed by atoms with Crippen molar-refractivity contribution < 1.29 is 4.74 Å². The number of hydrogen-bond acceptors (Lipinski definition) is 4. The molecule has 3 nitrogen and oxygen atoms in total. The molecule has 0 saturated carbocycles. The largest absolute Gasteiger partial charge is 0.493 e. The fraction of sp³-hybridized carbons (Fsp3) is 0.333. The monoisotopic (exact) mass is 310 g/mol. The second kappa shape index (κ2) is 7.09. The van der Waals surface area contributed by atoms with E-state index in [0.717, 1.165) is 33.2 Å². The first-order valence-corrected chi connectivity index (χ1v) is 7.86. The molecule has 1 unspecified atom stereocenters. The van der Waals surface area contributed by atoms with Crippen LogP contribution in [-0.2, 0) is 0 Å². The Morgan fingerprint density at radius 2 is 2.15 bits per heavy atom. The van der Waals surface area contributed by atoms with Crippen molar-refractivity contribution in [1.82, 2.24) is 5.43 Å². The van der Waals surface area contributed by atoms with E-state index in [-0.39, 0.29) is 6.04 Å². The van der Waals surface area contributed by atoms with Crippen molar-refractivity contribution in [2.45, 2.75) is 26.3 Å². The van der Waals surface area contributed by atoms with Crippen molar-refractivity contribution in [2.24, 2.45) is 5.84 Å². The summed E-state index contributed by atoms with van der Waals surface area (Å²) in [5.41, 5.74) is 4.93. The lowest BCUT2D eigenvalue weighted by atomic mass is 10.0. The molecule has 0 saturated heterocycles. The summed E-state index contributed by atoms with van der Waals surface area (Å²) in [5.74, 6) is 6.60. The van der Waals surface area contributed by atoms with Crippen LogP contribution in [-0.4, -0.2) is 6.61 Å². The van der Waals surface area contributed by atoms with E-state index < -0.39 is 0 Å². The van der Waals surface area contributed by atoms with Gasteiger partial charge in [0.25, 0.3) is 0 Å². The Morgan fingerprint density at radius 3 is 2.75 bits per heavy atom. The Labute approximate surface area is 128 Å². The number of para-hydroxylation sites is 1. The van der Waals surface area contributed by atoms with E-state index in [1.54, 1.807) is 11.3 Å². The number of ether oxygens (including phenoxy) is 1. The second-order valence-corrected chi connectivity index (χ2v) is 5.87. The fourth-order valence-electron chi connectivity index (χ4n) is 2.01. The van der Waals surface area contributed by atoms with Gasteiger partial charge in [-0.05, 0) is 30.4 Å². The van der Waals surface area contributed by atoms with Gasteiger partial charge in [0.1, 0.15) is 5.75 Å². The van der Waals surface area contributed by atoms with E-state index in [1.807, 2.05) is 36.6 Å². The summed E-state index contributed by atoms with van der Waals surface area (Å²) in [4.78, 5) is 1.01. The Hall–Kier alpha value is -1.07. The summed E-state index contributed by atoms with van der Waals surface area (Å²) in [6, 6.07) is 7.76. The van der Waals surface area contributed by atoms with Gasteiger partial charge in [0.15, 0.2) is 0 Å². The maximum absolute atomic E-state index is 6.36. The first-order valence-electron chi connectivity index (χ1n) is 6.60. The van der Waals surface area contributed by atoms with Crippen molar-refractivity contribution in [2.75, 3.05) is 6.61 Å². The molecule has 1 aromatic carbocycles. The summed E-state index contributed by atoms with van der Waals surface area (Å²) in [5, 5.41) is 2.81. The smallest absolute Gasteiger partial charge is 0.124 e. The van der Waals surface area contributed by atoms with Gasteiger partial charge in [0.05, 0.1) is 17.7 Å². The molecule has 0 bridgehead atoms. The van der Waals surface area contributed by atoms with Crippen LogP contribution in [0.2, 0.25) is 5.02 Å². The van der Waals surface area contributed by atoms with Crippen molar-refractivity contribution in [3.05, 3.63) is 50.7 Å². The highest BCUT2D eigenvalue weighted by Crippen LogP contribution is 2.38. The molecule has 0 aliphatic rings. The minimum Gasteiger partial charge on any atom is -0.493 e. The van der Waals surface area contributed by atoms with E-state index in [9.17, 15) is 0 Å². The molecule has 0 amide bonds. The van der Waals surface area contributed by atoms with E-state index >= 15 is 0 Å². The number of halogens is 1. The number of hydrogen-bond donors (Lipinski definition) is 2. The molecule has 108 valence electrons. The Kier molecular flexibility index (Phi) is 5.43. The summed E-state index contributed by atoms with van der Waals surface area (Å²) < 4.78 is 5.80. The number of nitrogens with one attached hydrogen (secondary N) is 1. The third kappa shape index (κ3) is 3.15. The molecule has 2 aromatic rings. The zero-order valence-corrected chi connectivity index (χ0v) is 13.2. The van der Waals surface area contributed by atoms with Crippen molar-refractivity contribution in [3.8, 4) is 5.75 Å². The van der Waals surface area contributed by atoms with Gasteiger partial charge in [0, 0.05) is 10.4 Å². The van der Waals surface area contributed by atoms with E-state index in [2.05, 4.69) is 12.3 Å². The topological polar surface area (TPSA) is 47.3 Å². The number of benzene rings is 1. The van der Waals surface area contributed by atoms with E-state index in [4.69, 9.17) is 22.2 Å². The van der Waals surface area contributed by atoms with Crippen LogP contribution >= 0.6 is 22.9 Å². The average Bonchev–Trinajstić information content (AvgIpc) is 2.79. The van der Waals surface area contributed by atoms with Crippen LogP contribution in [0.5, 0.6) is 5.75 Å². The zero-order valence-electron chi connectivity index (χ0n) is 11.7. The predicted molar refractivity (Wildman–Crippen MR) is 85.5 cm³/mol. The average molecular weight is 311 g/mol. The standard InChI is InChI=1S/C15H19ClN2OS/c1-3-8-19-12-7-5-4-6-11(12)14(18-17)15-13(16)10(2)9-20-15/h4-7,9,14,18H,3,8,17H2,1-2H3. The fourth-order valence-corrected chi connectivity index (χ4v) is 3.39. The number of thiophene rings is 1. The minimum atomic E-state index is -0.158. The van der Waals surface area contributed by atoms with Gasteiger partial charge in [0.2, 0.25) is 0 Å². The Morgan fingerprint density at radius 1 is 1.40 bits per heavy atom. The molecule has 2 rings (SSSR count). The Balaban J connectivity index is 2.39. The summed E-state index contributed by atoms with van der Waals surface area (Å²) in [7, 11) is 0. The van der Waals surface area contributed by atoms with Crippen LogP contribution in [0.25, 0.3) is 0 Å². The lowest BCUT2D eigenvalue weighted by molar-refractivity contribution is 0.312. The molecule has 1 aromatic heterocycles. The highest BCUT2D eigenvalue weighted by Gasteiger charge is 2.21. The molecule has 0 aliphatic heterocycles. The quantitative estimate of drug-likeness (QED) is 0.625. The maximum Gasteiger partial charge on any atom is 0.124 e. The molecule has 5 heteroatoms. The van der Waals surface area contributed by atoms with Crippen LogP contribution in [0.15, 0.2) is 29.6 Å². The highest BCUT2D eigenvalue weighted by atomic mass is 35.5. The molecule has 0 spiro atoms. The third-order valence-electron chi connectivity index (χ3n) is 3.05. The van der Waals surface area contributed by atoms with Crippen molar-refractivity contribution >= 4 is 22.9 Å². The van der Waals surface area contributed by atoms with Gasteiger partial charge in [-0.2, -0.15) is 0 Å². The van der Waals surface area contributed by atoms with Crippen LogP contribution in [0.4, 0.5) is 0 Å². The zero-order chi connectivity index (χ0) is 14.5. The van der Waals surface area contributed by atoms with Crippen LogP contribution < -0.4 is 16.0 Å². The molecule has 1 atom stereocenters. The van der Waals surface area contributed by atoms with E-state index in [1.165, 1.54) is 0 Å². The van der Waals surface area contributed by atoms with Crippen LogP contribution in [0.1, 0.15) is 35.4 Å². The molecule has 0 aliphatic carbocycles. The van der Waals surface area contributed by atoms with Crippen molar-refractivity contribution in [1.29, 1.82) is 0 Å².